The first-order valence-electron chi connectivity index (χ1n) is 5.65. The van der Waals surface area contributed by atoms with E-state index in [1.165, 1.54) is 10.9 Å². The predicted octanol–water partition coefficient (Wildman–Crippen LogP) is 2.57. The van der Waals surface area contributed by atoms with Crippen LogP contribution < -0.4 is 5.32 Å². The third-order valence-electron chi connectivity index (χ3n) is 2.57. The minimum Gasteiger partial charge on any atom is -0.346 e. The lowest BCUT2D eigenvalue weighted by Gasteiger charge is -2.05. The van der Waals surface area contributed by atoms with Crippen LogP contribution in [-0.2, 0) is 0 Å². The fourth-order valence-corrected chi connectivity index (χ4v) is 1.75. The summed E-state index contributed by atoms with van der Waals surface area (Å²) in [6.45, 7) is 5.24. The minimum absolute atomic E-state index is 0.395. The molecule has 3 heteroatoms. The molecular weight excluding hydrogens is 198 g/mol. The van der Waals surface area contributed by atoms with Gasteiger partial charge in [-0.05, 0) is 25.6 Å². The first-order valence-corrected chi connectivity index (χ1v) is 5.65. The fraction of sp³-hybridized carbons (Fsp3) is 0.308. The fourth-order valence-electron chi connectivity index (χ4n) is 1.75. The van der Waals surface area contributed by atoms with E-state index in [0.717, 1.165) is 12.2 Å². The van der Waals surface area contributed by atoms with Gasteiger partial charge < -0.3 is 10.3 Å². The van der Waals surface area contributed by atoms with E-state index in [9.17, 15) is 0 Å². The van der Waals surface area contributed by atoms with Crippen LogP contribution >= 0.6 is 0 Å². The Bertz CT molecular complexity index is 485. The molecule has 0 saturated carbocycles. The Morgan fingerprint density at radius 2 is 2.44 bits per heavy atom. The van der Waals surface area contributed by atoms with Gasteiger partial charge in [0, 0.05) is 29.4 Å². The number of hydrogen-bond donors (Lipinski definition) is 2. The molecule has 0 bridgehead atoms. The van der Waals surface area contributed by atoms with Gasteiger partial charge in [-0.25, -0.2) is 4.98 Å². The largest absolute Gasteiger partial charge is 0.346 e. The topological polar surface area (TPSA) is 40.7 Å². The third kappa shape index (κ3) is 2.31. The van der Waals surface area contributed by atoms with Crippen LogP contribution in [0, 0.1) is 0 Å². The highest BCUT2D eigenvalue weighted by Crippen LogP contribution is 2.16. The van der Waals surface area contributed by atoms with Crippen molar-refractivity contribution in [2.75, 3.05) is 6.54 Å². The lowest BCUT2D eigenvalue weighted by atomic mass is 10.2. The summed E-state index contributed by atoms with van der Waals surface area (Å²) in [7, 11) is 0. The summed E-state index contributed by atoms with van der Waals surface area (Å²) in [4.78, 5) is 7.42. The molecule has 0 fully saturated rings. The number of likely N-dealkylation sites (N-methyl/N-ethyl adjacent to an activating group) is 1. The maximum atomic E-state index is 4.26. The van der Waals surface area contributed by atoms with Gasteiger partial charge in [0.25, 0.3) is 0 Å². The van der Waals surface area contributed by atoms with Gasteiger partial charge >= 0.3 is 0 Å². The van der Waals surface area contributed by atoms with Crippen LogP contribution in [0.5, 0.6) is 0 Å². The Kier molecular flexibility index (Phi) is 3.37. The molecule has 0 aliphatic carbocycles. The van der Waals surface area contributed by atoms with Gasteiger partial charge in [-0.1, -0.05) is 19.1 Å². The molecule has 3 nitrogen and oxygen atoms in total. The Labute approximate surface area is 95.6 Å². The van der Waals surface area contributed by atoms with Crippen LogP contribution in [0.2, 0.25) is 0 Å². The molecule has 84 valence electrons. The zero-order chi connectivity index (χ0) is 11.4. The quantitative estimate of drug-likeness (QED) is 0.823. The van der Waals surface area contributed by atoms with Crippen LogP contribution in [0.3, 0.4) is 0 Å². The van der Waals surface area contributed by atoms with E-state index in [0.29, 0.717) is 6.04 Å². The Balaban J connectivity index is 2.21. The zero-order valence-electron chi connectivity index (χ0n) is 9.70. The number of rotatable bonds is 4. The molecule has 0 aliphatic heterocycles. The van der Waals surface area contributed by atoms with E-state index in [4.69, 9.17) is 0 Å². The van der Waals surface area contributed by atoms with E-state index in [2.05, 4.69) is 47.4 Å². The monoisotopic (exact) mass is 215 g/mol. The van der Waals surface area contributed by atoms with Crippen LogP contribution in [0.1, 0.15) is 19.4 Å². The summed E-state index contributed by atoms with van der Waals surface area (Å²) in [5, 5.41) is 4.51. The number of fused-ring (bicyclic) bond motifs is 1. The first-order chi connectivity index (χ1) is 7.81. The van der Waals surface area contributed by atoms with Crippen LogP contribution in [0.4, 0.5) is 0 Å². The van der Waals surface area contributed by atoms with Gasteiger partial charge in [-0.15, -0.1) is 0 Å². The first kappa shape index (κ1) is 10.9. The predicted molar refractivity (Wildman–Crippen MR) is 68.3 cm³/mol. The molecule has 1 unspecified atom stereocenters. The second-order valence-electron chi connectivity index (χ2n) is 3.85. The smallest absolute Gasteiger partial charge is 0.137 e. The average Bonchev–Trinajstić information content (AvgIpc) is 2.70. The van der Waals surface area contributed by atoms with E-state index >= 15 is 0 Å². The van der Waals surface area contributed by atoms with Gasteiger partial charge in [0.05, 0.1) is 0 Å². The molecule has 2 aromatic rings. The van der Waals surface area contributed by atoms with Crippen molar-refractivity contribution in [1.29, 1.82) is 0 Å². The van der Waals surface area contributed by atoms with Gasteiger partial charge in [0.15, 0.2) is 0 Å². The van der Waals surface area contributed by atoms with E-state index < -0.39 is 0 Å². The molecule has 0 spiro atoms. The molecule has 0 aliphatic rings. The van der Waals surface area contributed by atoms with Gasteiger partial charge in [-0.3, -0.25) is 0 Å². The molecule has 0 amide bonds. The van der Waals surface area contributed by atoms with Crippen molar-refractivity contribution in [2.45, 2.75) is 19.9 Å². The second-order valence-corrected chi connectivity index (χ2v) is 3.85. The normalized spacial score (nSPS) is 13.6. The zero-order valence-corrected chi connectivity index (χ0v) is 9.70. The number of hydrogen-bond acceptors (Lipinski definition) is 2. The molecule has 2 aromatic heterocycles. The van der Waals surface area contributed by atoms with Crippen molar-refractivity contribution in [3.63, 3.8) is 0 Å². The van der Waals surface area contributed by atoms with Crippen LogP contribution in [-0.4, -0.2) is 22.6 Å². The Morgan fingerprint density at radius 3 is 3.25 bits per heavy atom. The van der Waals surface area contributed by atoms with Gasteiger partial charge in [-0.2, -0.15) is 0 Å². The van der Waals surface area contributed by atoms with Crippen molar-refractivity contribution in [3.05, 3.63) is 36.2 Å². The third-order valence-corrected chi connectivity index (χ3v) is 2.57. The van der Waals surface area contributed by atoms with Crippen molar-refractivity contribution in [1.82, 2.24) is 15.3 Å². The average molecular weight is 215 g/mol. The summed E-state index contributed by atoms with van der Waals surface area (Å²) in [5.41, 5.74) is 2.13. The summed E-state index contributed by atoms with van der Waals surface area (Å²) >= 11 is 0. The van der Waals surface area contributed by atoms with E-state index in [1.807, 2.05) is 12.3 Å². The summed E-state index contributed by atoms with van der Waals surface area (Å²) < 4.78 is 0. The minimum atomic E-state index is 0.395. The van der Waals surface area contributed by atoms with E-state index in [1.54, 1.807) is 6.20 Å². The Hall–Kier alpha value is -1.61. The molecule has 2 heterocycles. The second kappa shape index (κ2) is 4.94. The highest BCUT2D eigenvalue weighted by Gasteiger charge is 2.00. The molecule has 2 N–H and O–H groups in total. The maximum Gasteiger partial charge on any atom is 0.137 e. The molecular formula is C13H17N3. The van der Waals surface area contributed by atoms with Crippen LogP contribution in [0.25, 0.3) is 17.1 Å². The van der Waals surface area contributed by atoms with Crippen molar-refractivity contribution < 1.29 is 0 Å². The van der Waals surface area contributed by atoms with Gasteiger partial charge in [0.2, 0.25) is 0 Å². The molecule has 1 atom stereocenters. The highest BCUT2D eigenvalue weighted by atomic mass is 14.9. The lowest BCUT2D eigenvalue weighted by Crippen LogP contribution is -2.22. The standard InChI is InChI=1S/C13H17N3/c1-3-14-10(2)6-7-11-9-16-13-12(11)5-4-8-15-13/h4-10,14H,3H2,1-2H3,(H,15,16)/b7-6+. The van der Waals surface area contributed by atoms with Crippen molar-refractivity contribution in [3.8, 4) is 0 Å². The number of aromatic nitrogens is 2. The Morgan fingerprint density at radius 1 is 1.56 bits per heavy atom. The number of nitrogens with one attached hydrogen (secondary N) is 2. The number of aromatic amines is 1. The molecule has 0 radical (unpaired) electrons. The van der Waals surface area contributed by atoms with Crippen molar-refractivity contribution in [2.24, 2.45) is 0 Å². The molecule has 0 aromatic carbocycles. The number of H-pyrrole nitrogens is 1. The number of nitrogens with zero attached hydrogens (tertiary/aromatic N) is 1. The van der Waals surface area contributed by atoms with Gasteiger partial charge in [0.1, 0.15) is 5.65 Å². The lowest BCUT2D eigenvalue weighted by molar-refractivity contribution is 0.663. The summed E-state index contributed by atoms with van der Waals surface area (Å²) in [6, 6.07) is 4.43. The van der Waals surface area contributed by atoms with Crippen LogP contribution in [0.15, 0.2) is 30.6 Å². The highest BCUT2D eigenvalue weighted by molar-refractivity contribution is 5.86. The maximum absolute atomic E-state index is 4.26. The molecule has 2 rings (SSSR count). The SMILES string of the molecule is CCNC(C)/C=C/c1c[nH]c2ncccc12. The van der Waals surface area contributed by atoms with Crippen molar-refractivity contribution >= 4 is 17.1 Å². The molecule has 0 saturated heterocycles. The molecule has 16 heavy (non-hydrogen) atoms. The number of pyridine rings is 1. The van der Waals surface area contributed by atoms with E-state index in [-0.39, 0.29) is 0 Å². The summed E-state index contributed by atoms with van der Waals surface area (Å²) in [5.74, 6) is 0. The summed E-state index contributed by atoms with van der Waals surface area (Å²) in [6.07, 6.45) is 8.09.